The summed E-state index contributed by atoms with van der Waals surface area (Å²) in [5, 5.41) is 0. The summed E-state index contributed by atoms with van der Waals surface area (Å²) in [7, 11) is -4.05. The minimum Gasteiger partial charge on any atom is -0.443 e. The average Bonchev–Trinajstić information content (AvgIpc) is 2.33. The summed E-state index contributed by atoms with van der Waals surface area (Å²) in [4.78, 5) is 11.9. The Morgan fingerprint density at radius 2 is 1.88 bits per heavy atom. The van der Waals surface area contributed by atoms with E-state index in [1.165, 1.54) is 0 Å². The molecule has 2 rings (SSSR count). The van der Waals surface area contributed by atoms with Crippen molar-refractivity contribution >= 4 is 16.4 Å². The van der Waals surface area contributed by atoms with E-state index in [9.17, 15) is 13.2 Å². The molecule has 0 aromatic carbocycles. The Bertz CT molecular complexity index is 433. The van der Waals surface area contributed by atoms with E-state index in [-0.39, 0.29) is 19.8 Å². The molecule has 0 unspecified atom stereocenters. The van der Waals surface area contributed by atoms with Gasteiger partial charge in [-0.3, -0.25) is 4.18 Å². The van der Waals surface area contributed by atoms with Crippen molar-refractivity contribution in [2.75, 3.05) is 19.8 Å². The lowest BCUT2D eigenvalue weighted by Gasteiger charge is -2.41. The van der Waals surface area contributed by atoms with E-state index < -0.39 is 27.5 Å². The van der Waals surface area contributed by atoms with Crippen molar-refractivity contribution in [3.05, 3.63) is 0 Å². The van der Waals surface area contributed by atoms with Crippen LogP contribution in [-0.2, 0) is 24.0 Å². The molecule has 0 atom stereocenters. The lowest BCUT2D eigenvalue weighted by Crippen LogP contribution is -2.63. The molecule has 2 aliphatic heterocycles. The van der Waals surface area contributed by atoms with Gasteiger partial charge in [0.15, 0.2) is 0 Å². The molecule has 7 nitrogen and oxygen atoms in total. The quantitative estimate of drug-likeness (QED) is 0.625. The molecule has 2 saturated heterocycles. The molecule has 0 aromatic heterocycles. The van der Waals surface area contributed by atoms with Crippen molar-refractivity contribution in [1.29, 1.82) is 0 Å². The highest BCUT2D eigenvalue weighted by Gasteiger charge is 2.59. The van der Waals surface area contributed by atoms with Gasteiger partial charge in [-0.15, -0.1) is 0 Å². The second-order valence-corrected chi connectivity index (χ2v) is 6.64. The SMILES string of the molecule is CC(C)(C)OC(=O)N1C2(COC2)COS1(=O)=O. The predicted octanol–water partition coefficient (Wildman–Crippen LogP) is 0.268. The van der Waals surface area contributed by atoms with Crippen molar-refractivity contribution in [2.45, 2.75) is 31.9 Å². The molecule has 17 heavy (non-hydrogen) atoms. The van der Waals surface area contributed by atoms with Gasteiger partial charge in [-0.1, -0.05) is 0 Å². The van der Waals surface area contributed by atoms with E-state index in [2.05, 4.69) is 4.18 Å². The normalized spacial score (nSPS) is 25.7. The number of ether oxygens (including phenoxy) is 2. The van der Waals surface area contributed by atoms with Gasteiger partial charge in [0.05, 0.1) is 19.8 Å². The maximum absolute atomic E-state index is 11.9. The molecule has 0 saturated carbocycles. The van der Waals surface area contributed by atoms with Crippen LogP contribution in [0.1, 0.15) is 20.8 Å². The van der Waals surface area contributed by atoms with Crippen LogP contribution in [0.5, 0.6) is 0 Å². The lowest BCUT2D eigenvalue weighted by molar-refractivity contribution is -0.108. The predicted molar refractivity (Wildman–Crippen MR) is 56.5 cm³/mol. The second kappa shape index (κ2) is 3.56. The summed E-state index contributed by atoms with van der Waals surface area (Å²) in [6, 6.07) is 0. The van der Waals surface area contributed by atoms with E-state index in [0.29, 0.717) is 4.31 Å². The molecular formula is C9H15NO6S. The van der Waals surface area contributed by atoms with Crippen LogP contribution >= 0.6 is 0 Å². The van der Waals surface area contributed by atoms with E-state index in [4.69, 9.17) is 9.47 Å². The highest BCUT2D eigenvalue weighted by Crippen LogP contribution is 2.36. The molecule has 8 heteroatoms. The third-order valence-electron chi connectivity index (χ3n) is 2.43. The van der Waals surface area contributed by atoms with Crippen LogP contribution in [-0.4, -0.2) is 49.8 Å². The highest BCUT2D eigenvalue weighted by atomic mass is 32.2. The minimum absolute atomic E-state index is 0.0748. The van der Waals surface area contributed by atoms with Gasteiger partial charge >= 0.3 is 16.4 Å². The van der Waals surface area contributed by atoms with Gasteiger partial charge in [-0.05, 0) is 20.8 Å². The summed E-state index contributed by atoms with van der Waals surface area (Å²) in [6.45, 7) is 5.21. The molecule has 0 aliphatic carbocycles. The van der Waals surface area contributed by atoms with E-state index in [1.807, 2.05) is 0 Å². The Labute approximate surface area is 99.9 Å². The molecule has 98 valence electrons. The van der Waals surface area contributed by atoms with Crippen LogP contribution in [0, 0.1) is 0 Å². The Balaban J connectivity index is 2.25. The molecule has 0 N–H and O–H groups in total. The van der Waals surface area contributed by atoms with Crippen LogP contribution < -0.4 is 0 Å². The van der Waals surface area contributed by atoms with Gasteiger partial charge in [-0.25, -0.2) is 4.79 Å². The number of amides is 1. The third kappa shape index (κ3) is 2.12. The van der Waals surface area contributed by atoms with Crippen molar-refractivity contribution < 1.29 is 26.9 Å². The van der Waals surface area contributed by atoms with E-state index >= 15 is 0 Å². The van der Waals surface area contributed by atoms with E-state index in [0.717, 1.165) is 0 Å². The van der Waals surface area contributed by atoms with Crippen LogP contribution in [0.2, 0.25) is 0 Å². The minimum atomic E-state index is -4.05. The number of rotatable bonds is 0. The fourth-order valence-corrected chi connectivity index (χ4v) is 2.99. The maximum atomic E-state index is 11.9. The van der Waals surface area contributed by atoms with Crippen LogP contribution in [0.25, 0.3) is 0 Å². The van der Waals surface area contributed by atoms with Gasteiger partial charge < -0.3 is 9.47 Å². The summed E-state index contributed by atoms with van der Waals surface area (Å²) < 4.78 is 38.6. The van der Waals surface area contributed by atoms with Crippen molar-refractivity contribution in [3.63, 3.8) is 0 Å². The first-order valence-corrected chi connectivity index (χ1v) is 6.53. The Hall–Kier alpha value is -0.860. The number of hydrogen-bond acceptors (Lipinski definition) is 6. The first kappa shape index (κ1) is 12.6. The Kier molecular flexibility index (Phi) is 2.64. The molecule has 1 amide bonds. The third-order valence-corrected chi connectivity index (χ3v) is 3.83. The van der Waals surface area contributed by atoms with E-state index in [1.54, 1.807) is 20.8 Å². The molecule has 0 radical (unpaired) electrons. The summed E-state index contributed by atoms with van der Waals surface area (Å²) in [5.41, 5.74) is -1.68. The number of carbonyl (C=O) groups excluding carboxylic acids is 1. The summed E-state index contributed by atoms with van der Waals surface area (Å²) in [6.07, 6.45) is -0.918. The van der Waals surface area contributed by atoms with Gasteiger partial charge in [0, 0.05) is 0 Å². The largest absolute Gasteiger partial charge is 0.443 e. The molecule has 2 heterocycles. The Morgan fingerprint density at radius 3 is 2.29 bits per heavy atom. The van der Waals surface area contributed by atoms with Crippen LogP contribution in [0.4, 0.5) is 4.79 Å². The fourth-order valence-electron chi connectivity index (χ4n) is 1.66. The zero-order valence-corrected chi connectivity index (χ0v) is 10.7. The van der Waals surface area contributed by atoms with Gasteiger partial charge in [0.1, 0.15) is 11.1 Å². The van der Waals surface area contributed by atoms with Crippen LogP contribution in [0.15, 0.2) is 0 Å². The van der Waals surface area contributed by atoms with Crippen molar-refractivity contribution in [1.82, 2.24) is 4.31 Å². The number of hydrogen-bond donors (Lipinski definition) is 0. The fraction of sp³-hybridized carbons (Fsp3) is 0.889. The first-order valence-electron chi connectivity index (χ1n) is 5.17. The lowest BCUT2D eigenvalue weighted by atomic mass is 9.99. The molecule has 1 spiro atoms. The highest BCUT2D eigenvalue weighted by molar-refractivity contribution is 7.85. The van der Waals surface area contributed by atoms with Crippen molar-refractivity contribution in [3.8, 4) is 0 Å². The first-order chi connectivity index (χ1) is 7.66. The molecular weight excluding hydrogens is 250 g/mol. The van der Waals surface area contributed by atoms with Gasteiger partial charge in [-0.2, -0.15) is 12.7 Å². The Morgan fingerprint density at radius 1 is 1.29 bits per heavy atom. The summed E-state index contributed by atoms with van der Waals surface area (Å²) in [5.74, 6) is 0. The topological polar surface area (TPSA) is 82.1 Å². The number of nitrogens with zero attached hydrogens (tertiary/aromatic N) is 1. The summed E-state index contributed by atoms with van der Waals surface area (Å²) >= 11 is 0. The van der Waals surface area contributed by atoms with Crippen molar-refractivity contribution in [2.24, 2.45) is 0 Å². The van der Waals surface area contributed by atoms with Crippen LogP contribution in [0.3, 0.4) is 0 Å². The number of carbonyl (C=O) groups is 1. The smallest absolute Gasteiger partial charge is 0.426 e. The van der Waals surface area contributed by atoms with Gasteiger partial charge in [0.2, 0.25) is 0 Å². The monoisotopic (exact) mass is 265 g/mol. The van der Waals surface area contributed by atoms with Gasteiger partial charge in [0.25, 0.3) is 0 Å². The zero-order chi connectivity index (χ0) is 12.9. The maximum Gasteiger partial charge on any atom is 0.426 e. The molecule has 0 bridgehead atoms. The second-order valence-electron chi connectivity index (χ2n) is 5.18. The molecule has 2 aliphatic rings. The molecule has 0 aromatic rings. The average molecular weight is 265 g/mol. The molecule has 2 fully saturated rings. The zero-order valence-electron chi connectivity index (χ0n) is 9.93. The standard InChI is InChI=1S/C9H15NO6S/c1-8(2,3)16-7(11)10-9(4-14-5-9)6-15-17(10,12)13/h4-6H2,1-3H3.